The minimum atomic E-state index is 0.581. The SMILES string of the molecule is COCCC(C)NC1CCCCC1C1CCCN1. The number of nitrogens with one attached hydrogen (secondary N) is 2. The van der Waals surface area contributed by atoms with Gasteiger partial charge in [-0.15, -0.1) is 0 Å². The van der Waals surface area contributed by atoms with Crippen molar-refractivity contribution in [2.75, 3.05) is 20.3 Å². The standard InChI is InChI=1S/C15H30N2O/c1-12(9-11-18-2)17-15-7-4-3-6-13(15)14-8-5-10-16-14/h12-17H,3-11H2,1-2H3. The Bertz CT molecular complexity index is 229. The molecule has 106 valence electrons. The molecule has 1 saturated heterocycles. The third kappa shape index (κ3) is 3.94. The first-order chi connectivity index (χ1) is 8.81. The van der Waals surface area contributed by atoms with Gasteiger partial charge in [-0.25, -0.2) is 0 Å². The van der Waals surface area contributed by atoms with E-state index in [0.29, 0.717) is 6.04 Å². The molecule has 3 nitrogen and oxygen atoms in total. The molecule has 0 amide bonds. The predicted molar refractivity (Wildman–Crippen MR) is 75.9 cm³/mol. The van der Waals surface area contributed by atoms with E-state index in [9.17, 15) is 0 Å². The van der Waals surface area contributed by atoms with Gasteiger partial charge in [-0.2, -0.15) is 0 Å². The highest BCUT2D eigenvalue weighted by atomic mass is 16.5. The largest absolute Gasteiger partial charge is 0.385 e. The molecule has 4 unspecified atom stereocenters. The number of hydrogen-bond acceptors (Lipinski definition) is 3. The Hall–Kier alpha value is -0.120. The molecule has 18 heavy (non-hydrogen) atoms. The first kappa shape index (κ1) is 14.3. The molecule has 0 radical (unpaired) electrons. The maximum atomic E-state index is 5.18. The minimum absolute atomic E-state index is 0.581. The summed E-state index contributed by atoms with van der Waals surface area (Å²) in [6.07, 6.45) is 9.47. The Balaban J connectivity index is 1.82. The van der Waals surface area contributed by atoms with Crippen LogP contribution in [0.25, 0.3) is 0 Å². The summed E-state index contributed by atoms with van der Waals surface area (Å²) in [5.41, 5.74) is 0. The molecule has 2 N–H and O–H groups in total. The van der Waals surface area contributed by atoms with Crippen molar-refractivity contribution >= 4 is 0 Å². The van der Waals surface area contributed by atoms with Crippen LogP contribution in [-0.2, 0) is 4.74 Å². The van der Waals surface area contributed by atoms with E-state index in [2.05, 4.69) is 17.6 Å². The van der Waals surface area contributed by atoms with Crippen LogP contribution in [0.1, 0.15) is 51.9 Å². The minimum Gasteiger partial charge on any atom is -0.385 e. The fourth-order valence-corrected chi connectivity index (χ4v) is 3.67. The van der Waals surface area contributed by atoms with E-state index in [1.54, 1.807) is 7.11 Å². The third-order valence-electron chi connectivity index (χ3n) is 4.69. The molecule has 2 rings (SSSR count). The molecule has 2 aliphatic rings. The molecule has 1 saturated carbocycles. The Morgan fingerprint density at radius 2 is 2.06 bits per heavy atom. The Morgan fingerprint density at radius 1 is 1.22 bits per heavy atom. The monoisotopic (exact) mass is 254 g/mol. The molecule has 0 aromatic carbocycles. The molecule has 0 aromatic heterocycles. The van der Waals surface area contributed by atoms with E-state index < -0.39 is 0 Å². The van der Waals surface area contributed by atoms with E-state index in [-0.39, 0.29) is 0 Å². The van der Waals surface area contributed by atoms with Gasteiger partial charge < -0.3 is 15.4 Å². The average Bonchev–Trinajstić information content (AvgIpc) is 2.91. The molecule has 2 fully saturated rings. The van der Waals surface area contributed by atoms with Gasteiger partial charge in [0.1, 0.15) is 0 Å². The van der Waals surface area contributed by atoms with Crippen molar-refractivity contribution in [3.63, 3.8) is 0 Å². The number of ether oxygens (including phenoxy) is 1. The molecular formula is C15H30N2O. The maximum Gasteiger partial charge on any atom is 0.0476 e. The van der Waals surface area contributed by atoms with Crippen LogP contribution in [0.2, 0.25) is 0 Å². The van der Waals surface area contributed by atoms with Crippen molar-refractivity contribution in [1.82, 2.24) is 10.6 Å². The van der Waals surface area contributed by atoms with Crippen LogP contribution in [0, 0.1) is 5.92 Å². The van der Waals surface area contributed by atoms with Crippen LogP contribution in [0.3, 0.4) is 0 Å². The van der Waals surface area contributed by atoms with Crippen LogP contribution in [0.4, 0.5) is 0 Å². The fourth-order valence-electron chi connectivity index (χ4n) is 3.67. The van der Waals surface area contributed by atoms with Crippen LogP contribution < -0.4 is 10.6 Å². The second-order valence-electron chi connectivity index (χ2n) is 6.11. The van der Waals surface area contributed by atoms with Gasteiger partial charge in [0.05, 0.1) is 0 Å². The summed E-state index contributed by atoms with van der Waals surface area (Å²) in [7, 11) is 1.79. The summed E-state index contributed by atoms with van der Waals surface area (Å²) in [4.78, 5) is 0. The fraction of sp³-hybridized carbons (Fsp3) is 1.00. The van der Waals surface area contributed by atoms with Crippen LogP contribution in [0.5, 0.6) is 0 Å². The lowest BCUT2D eigenvalue weighted by atomic mass is 9.79. The van der Waals surface area contributed by atoms with Gasteiger partial charge in [0.25, 0.3) is 0 Å². The van der Waals surface area contributed by atoms with E-state index in [1.165, 1.54) is 45.1 Å². The third-order valence-corrected chi connectivity index (χ3v) is 4.69. The molecule has 1 aliphatic carbocycles. The average molecular weight is 254 g/mol. The summed E-state index contributed by atoms with van der Waals surface area (Å²) in [6.45, 7) is 4.40. The summed E-state index contributed by atoms with van der Waals surface area (Å²) in [5.74, 6) is 0.853. The first-order valence-electron chi connectivity index (χ1n) is 7.79. The van der Waals surface area contributed by atoms with E-state index in [1.807, 2.05) is 0 Å². The van der Waals surface area contributed by atoms with E-state index >= 15 is 0 Å². The van der Waals surface area contributed by atoms with Crippen molar-refractivity contribution in [3.05, 3.63) is 0 Å². The molecule has 0 aromatic rings. The van der Waals surface area contributed by atoms with Gasteiger partial charge in [0, 0.05) is 31.8 Å². The van der Waals surface area contributed by atoms with Gasteiger partial charge in [-0.3, -0.25) is 0 Å². The lowest BCUT2D eigenvalue weighted by Crippen LogP contribution is -2.49. The summed E-state index contributed by atoms with van der Waals surface area (Å²) < 4.78 is 5.18. The zero-order valence-electron chi connectivity index (χ0n) is 12.1. The van der Waals surface area contributed by atoms with Crippen molar-refractivity contribution < 1.29 is 4.74 Å². The number of methoxy groups -OCH3 is 1. The second kappa shape index (κ2) is 7.46. The van der Waals surface area contributed by atoms with Crippen molar-refractivity contribution in [2.24, 2.45) is 5.92 Å². The lowest BCUT2D eigenvalue weighted by molar-refractivity contribution is 0.164. The molecule has 0 spiro atoms. The van der Waals surface area contributed by atoms with Gasteiger partial charge in [0.2, 0.25) is 0 Å². The highest BCUT2D eigenvalue weighted by molar-refractivity contribution is 4.92. The highest BCUT2D eigenvalue weighted by Crippen LogP contribution is 2.31. The van der Waals surface area contributed by atoms with Crippen LogP contribution in [0.15, 0.2) is 0 Å². The number of rotatable bonds is 6. The lowest BCUT2D eigenvalue weighted by Gasteiger charge is -2.38. The predicted octanol–water partition coefficient (Wildman–Crippen LogP) is 2.31. The summed E-state index contributed by atoms with van der Waals surface area (Å²) in [6, 6.07) is 2.08. The van der Waals surface area contributed by atoms with E-state index in [4.69, 9.17) is 4.74 Å². The summed E-state index contributed by atoms with van der Waals surface area (Å²) in [5, 5.41) is 7.57. The first-order valence-corrected chi connectivity index (χ1v) is 7.79. The quantitative estimate of drug-likeness (QED) is 0.763. The summed E-state index contributed by atoms with van der Waals surface area (Å²) >= 11 is 0. The Labute approximate surface area is 112 Å². The van der Waals surface area contributed by atoms with Gasteiger partial charge in [-0.05, 0) is 51.5 Å². The number of hydrogen-bond donors (Lipinski definition) is 2. The normalized spacial score (nSPS) is 34.7. The molecule has 3 heteroatoms. The van der Waals surface area contributed by atoms with Crippen molar-refractivity contribution in [2.45, 2.75) is 70.0 Å². The Kier molecular flexibility index (Phi) is 5.93. The second-order valence-corrected chi connectivity index (χ2v) is 6.11. The molecule has 0 bridgehead atoms. The maximum absolute atomic E-state index is 5.18. The van der Waals surface area contributed by atoms with Gasteiger partial charge in [-0.1, -0.05) is 12.8 Å². The zero-order valence-corrected chi connectivity index (χ0v) is 12.1. The van der Waals surface area contributed by atoms with E-state index in [0.717, 1.165) is 31.0 Å². The van der Waals surface area contributed by atoms with Gasteiger partial charge in [0.15, 0.2) is 0 Å². The molecule has 1 aliphatic heterocycles. The van der Waals surface area contributed by atoms with Gasteiger partial charge >= 0.3 is 0 Å². The highest BCUT2D eigenvalue weighted by Gasteiger charge is 2.33. The molecule has 1 heterocycles. The van der Waals surface area contributed by atoms with Crippen molar-refractivity contribution in [1.29, 1.82) is 0 Å². The molecule has 4 atom stereocenters. The smallest absolute Gasteiger partial charge is 0.0476 e. The van der Waals surface area contributed by atoms with Crippen LogP contribution in [-0.4, -0.2) is 38.4 Å². The topological polar surface area (TPSA) is 33.3 Å². The Morgan fingerprint density at radius 3 is 2.78 bits per heavy atom. The van der Waals surface area contributed by atoms with Crippen molar-refractivity contribution in [3.8, 4) is 0 Å². The zero-order chi connectivity index (χ0) is 12.8. The van der Waals surface area contributed by atoms with Crippen LogP contribution >= 0.6 is 0 Å². The molecular weight excluding hydrogens is 224 g/mol.